The molecule has 3 rings (SSSR count). The maximum absolute atomic E-state index is 14.0. The molecule has 4 nitrogen and oxygen atoms in total. The monoisotopic (exact) mass is 419 g/mol. The zero-order chi connectivity index (χ0) is 20.3. The van der Waals surface area contributed by atoms with Crippen molar-refractivity contribution >= 4 is 27.3 Å². The Balaban J connectivity index is 2.09. The Kier molecular flexibility index (Phi) is 5.91. The molecule has 0 atom stereocenters. The number of methoxy groups -OCH3 is 1. The highest BCUT2D eigenvalue weighted by atomic mass is 35.5. The number of sulfonamides is 1. The topological polar surface area (TPSA) is 46.6 Å². The van der Waals surface area contributed by atoms with Gasteiger partial charge >= 0.3 is 0 Å². The Hall–Kier alpha value is -2.57. The van der Waals surface area contributed by atoms with E-state index in [1.54, 1.807) is 55.5 Å². The van der Waals surface area contributed by atoms with Gasteiger partial charge in [0.05, 0.1) is 24.2 Å². The molecular weight excluding hydrogens is 401 g/mol. The number of halogens is 2. The molecule has 0 fully saturated rings. The van der Waals surface area contributed by atoms with Gasteiger partial charge in [-0.15, -0.1) is 0 Å². The Morgan fingerprint density at radius 2 is 1.75 bits per heavy atom. The summed E-state index contributed by atoms with van der Waals surface area (Å²) in [5, 5.41) is 0.506. The summed E-state index contributed by atoms with van der Waals surface area (Å²) in [5.74, 6) is 0.0312. The molecule has 0 spiro atoms. The number of aryl methyl sites for hydroxylation is 1. The van der Waals surface area contributed by atoms with Gasteiger partial charge in [0, 0.05) is 5.02 Å². The third kappa shape index (κ3) is 4.29. The lowest BCUT2D eigenvalue weighted by molar-refractivity contribution is 0.415. The summed E-state index contributed by atoms with van der Waals surface area (Å²) in [4.78, 5) is -0.117. The fraction of sp³-hybridized carbons (Fsp3) is 0.143. The van der Waals surface area contributed by atoms with Crippen molar-refractivity contribution < 1.29 is 17.5 Å². The highest BCUT2D eigenvalue weighted by molar-refractivity contribution is 7.92. The zero-order valence-electron chi connectivity index (χ0n) is 15.4. The lowest BCUT2D eigenvalue weighted by Crippen LogP contribution is -2.30. The van der Waals surface area contributed by atoms with Crippen LogP contribution in [0.1, 0.15) is 11.1 Å². The van der Waals surface area contributed by atoms with E-state index in [0.717, 1.165) is 6.07 Å². The van der Waals surface area contributed by atoms with Crippen molar-refractivity contribution in [2.24, 2.45) is 0 Å². The van der Waals surface area contributed by atoms with Crippen LogP contribution in [0.15, 0.2) is 71.6 Å². The quantitative estimate of drug-likeness (QED) is 0.552. The van der Waals surface area contributed by atoms with Crippen molar-refractivity contribution in [3.05, 3.63) is 88.7 Å². The van der Waals surface area contributed by atoms with E-state index in [0.29, 0.717) is 27.6 Å². The Bertz CT molecular complexity index is 1090. The number of nitrogens with zero attached hydrogens (tertiary/aromatic N) is 1. The Labute approximate surface area is 169 Å². The molecule has 0 radical (unpaired) electrons. The van der Waals surface area contributed by atoms with Crippen LogP contribution in [0.25, 0.3) is 0 Å². The predicted octanol–water partition coefficient (Wildman–Crippen LogP) is 5.19. The van der Waals surface area contributed by atoms with Crippen LogP contribution in [0.2, 0.25) is 5.02 Å². The Morgan fingerprint density at radius 1 is 1.04 bits per heavy atom. The molecule has 3 aromatic carbocycles. The van der Waals surface area contributed by atoms with Gasteiger partial charge in [0.1, 0.15) is 11.6 Å². The molecule has 0 unspecified atom stereocenters. The molecule has 0 N–H and O–H groups in total. The lowest BCUT2D eigenvalue weighted by atomic mass is 10.2. The highest BCUT2D eigenvalue weighted by Crippen LogP contribution is 2.29. The van der Waals surface area contributed by atoms with Crippen LogP contribution >= 0.6 is 11.6 Å². The molecular formula is C21H19ClFNO3S. The highest BCUT2D eigenvalue weighted by Gasteiger charge is 2.26. The van der Waals surface area contributed by atoms with Crippen LogP contribution in [0.3, 0.4) is 0 Å². The van der Waals surface area contributed by atoms with Crippen LogP contribution in [0.5, 0.6) is 5.75 Å². The van der Waals surface area contributed by atoms with E-state index in [1.165, 1.54) is 23.5 Å². The smallest absolute Gasteiger partial charge is 0.264 e. The van der Waals surface area contributed by atoms with E-state index in [-0.39, 0.29) is 11.4 Å². The van der Waals surface area contributed by atoms with E-state index in [9.17, 15) is 12.8 Å². The van der Waals surface area contributed by atoms with Gasteiger partial charge < -0.3 is 4.74 Å². The van der Waals surface area contributed by atoms with Gasteiger partial charge in [-0.25, -0.2) is 12.8 Å². The molecule has 0 saturated carbocycles. The first-order chi connectivity index (χ1) is 13.3. The second-order valence-electron chi connectivity index (χ2n) is 6.25. The number of anilines is 1. The maximum atomic E-state index is 14.0. The summed E-state index contributed by atoms with van der Waals surface area (Å²) in [7, 11) is -2.48. The van der Waals surface area contributed by atoms with Crippen molar-refractivity contribution in [1.82, 2.24) is 0 Å². The number of hydrogen-bond acceptors (Lipinski definition) is 3. The average molecular weight is 420 g/mol. The van der Waals surface area contributed by atoms with E-state index in [4.69, 9.17) is 16.3 Å². The van der Waals surface area contributed by atoms with Crippen LogP contribution in [0, 0.1) is 12.7 Å². The largest absolute Gasteiger partial charge is 0.497 e. The minimum Gasteiger partial charge on any atom is -0.497 e. The molecule has 0 saturated heterocycles. The van der Waals surface area contributed by atoms with Gasteiger partial charge in [-0.3, -0.25) is 4.31 Å². The minimum atomic E-state index is -4.01. The van der Waals surface area contributed by atoms with Crippen molar-refractivity contribution in [2.45, 2.75) is 18.4 Å². The molecule has 0 aromatic heterocycles. The van der Waals surface area contributed by atoms with Crippen LogP contribution in [-0.2, 0) is 16.6 Å². The molecule has 0 aliphatic heterocycles. The van der Waals surface area contributed by atoms with Crippen LogP contribution in [0.4, 0.5) is 10.1 Å². The minimum absolute atomic E-state index is 0.0463. The van der Waals surface area contributed by atoms with Crippen molar-refractivity contribution in [2.75, 3.05) is 11.4 Å². The van der Waals surface area contributed by atoms with E-state index in [2.05, 4.69) is 0 Å². The number of benzene rings is 3. The first-order valence-corrected chi connectivity index (χ1v) is 10.3. The zero-order valence-corrected chi connectivity index (χ0v) is 17.0. The van der Waals surface area contributed by atoms with Gasteiger partial charge in [-0.1, -0.05) is 29.8 Å². The fourth-order valence-electron chi connectivity index (χ4n) is 2.73. The van der Waals surface area contributed by atoms with Gasteiger partial charge in [-0.05, 0) is 66.6 Å². The van der Waals surface area contributed by atoms with Gasteiger partial charge in [0.2, 0.25) is 0 Å². The molecule has 3 aromatic rings. The number of rotatable bonds is 6. The Morgan fingerprint density at radius 3 is 2.36 bits per heavy atom. The molecule has 0 aliphatic carbocycles. The molecule has 0 heterocycles. The second-order valence-corrected chi connectivity index (χ2v) is 8.55. The number of ether oxygens (including phenoxy) is 1. The van der Waals surface area contributed by atoms with E-state index in [1.807, 2.05) is 0 Å². The van der Waals surface area contributed by atoms with E-state index >= 15 is 0 Å². The molecule has 0 aliphatic rings. The molecule has 0 amide bonds. The van der Waals surface area contributed by atoms with Gasteiger partial charge in [0.15, 0.2) is 0 Å². The maximum Gasteiger partial charge on any atom is 0.264 e. The standard InChI is InChI=1S/C21H19ClFNO3S/c1-15-6-11-20(13-21(15)23)28(25,26)24(14-16-4-3-5-17(22)12-16)18-7-9-19(27-2)10-8-18/h3-13H,14H2,1-2H3. The normalized spacial score (nSPS) is 11.3. The summed E-state index contributed by atoms with van der Waals surface area (Å²) < 4.78 is 47.1. The van der Waals surface area contributed by atoms with E-state index < -0.39 is 15.8 Å². The van der Waals surface area contributed by atoms with Crippen molar-refractivity contribution in [3.8, 4) is 5.75 Å². The first kappa shape index (κ1) is 20.2. The molecule has 28 heavy (non-hydrogen) atoms. The predicted molar refractivity (Wildman–Crippen MR) is 109 cm³/mol. The second kappa shape index (κ2) is 8.20. The van der Waals surface area contributed by atoms with Crippen molar-refractivity contribution in [1.29, 1.82) is 0 Å². The van der Waals surface area contributed by atoms with Crippen LogP contribution < -0.4 is 9.04 Å². The van der Waals surface area contributed by atoms with Crippen molar-refractivity contribution in [3.63, 3.8) is 0 Å². The average Bonchev–Trinajstić information content (AvgIpc) is 2.68. The third-order valence-corrected chi connectivity index (χ3v) is 6.31. The summed E-state index contributed by atoms with van der Waals surface area (Å²) in [6.45, 7) is 1.63. The fourth-order valence-corrected chi connectivity index (χ4v) is 4.40. The van der Waals surface area contributed by atoms with Gasteiger partial charge in [0.25, 0.3) is 10.0 Å². The van der Waals surface area contributed by atoms with Gasteiger partial charge in [-0.2, -0.15) is 0 Å². The first-order valence-electron chi connectivity index (χ1n) is 8.48. The summed E-state index contributed by atoms with van der Waals surface area (Å²) >= 11 is 6.05. The summed E-state index contributed by atoms with van der Waals surface area (Å²) in [5.41, 5.74) is 1.52. The summed E-state index contributed by atoms with van der Waals surface area (Å²) in [6.07, 6.45) is 0. The molecule has 7 heteroatoms. The van der Waals surface area contributed by atoms with Crippen LogP contribution in [-0.4, -0.2) is 15.5 Å². The number of hydrogen-bond donors (Lipinski definition) is 0. The third-order valence-electron chi connectivity index (χ3n) is 4.31. The summed E-state index contributed by atoms with van der Waals surface area (Å²) in [6, 6.07) is 17.5. The lowest BCUT2D eigenvalue weighted by Gasteiger charge is -2.25. The molecule has 146 valence electrons. The SMILES string of the molecule is COc1ccc(N(Cc2cccc(Cl)c2)S(=O)(=O)c2ccc(C)c(F)c2)cc1. The molecule has 0 bridgehead atoms.